The lowest BCUT2D eigenvalue weighted by atomic mass is 9.91. The highest BCUT2D eigenvalue weighted by molar-refractivity contribution is 5.65. The number of carbonyl (C=O) groups is 1. The van der Waals surface area contributed by atoms with Crippen molar-refractivity contribution in [3.8, 4) is 5.75 Å². The number of carboxylic acid groups (broad SMARTS) is 1. The fourth-order valence-electron chi connectivity index (χ4n) is 4.07. The maximum atomic E-state index is 14.4. The molecule has 1 saturated carbocycles. The van der Waals surface area contributed by atoms with E-state index in [1.807, 2.05) is 0 Å². The summed E-state index contributed by atoms with van der Waals surface area (Å²) in [5.41, 5.74) is 0.329. The Hall–Kier alpha value is -1.86. The minimum Gasteiger partial charge on any atom is -0.490 e. The number of likely N-dealkylation sites (tertiary alicyclic amines) is 1. The Morgan fingerprint density at radius 1 is 1.28 bits per heavy atom. The molecule has 2 aliphatic rings. The highest BCUT2D eigenvalue weighted by Crippen LogP contribution is 2.38. The number of nitrogens with zero attached hydrogens (tertiary/aromatic N) is 1. The van der Waals surface area contributed by atoms with Crippen LogP contribution in [0.2, 0.25) is 0 Å². The molecule has 1 heterocycles. The van der Waals surface area contributed by atoms with E-state index in [0.29, 0.717) is 49.9 Å². The van der Waals surface area contributed by atoms with Gasteiger partial charge in [-0.3, -0.25) is 0 Å². The highest BCUT2D eigenvalue weighted by atomic mass is 19.1. The number of methoxy groups -OCH3 is 1. The molecule has 2 N–H and O–H groups in total. The standard InChI is InChI=1S/C22H32FNO5/c1-28-22(27,12-3-2-6-16-7-5-13-24(14-16)21(25)26)18-8-4-9-19(23)20(18)29-15-17-10-11-17/h4,8-9,16-17,27H,2-3,5-7,10-15H2,1H3,(H,25,26). The van der Waals surface area contributed by atoms with E-state index in [-0.39, 0.29) is 5.75 Å². The molecule has 0 radical (unpaired) electrons. The Kier molecular flexibility index (Phi) is 7.35. The van der Waals surface area contributed by atoms with Crippen molar-refractivity contribution in [2.45, 2.75) is 57.2 Å². The molecule has 1 amide bonds. The van der Waals surface area contributed by atoms with Crippen LogP contribution in [-0.4, -0.2) is 48.0 Å². The first kappa shape index (κ1) is 21.8. The van der Waals surface area contributed by atoms with E-state index >= 15 is 0 Å². The summed E-state index contributed by atoms with van der Waals surface area (Å²) in [5, 5.41) is 20.2. The highest BCUT2D eigenvalue weighted by Gasteiger charge is 2.34. The first-order chi connectivity index (χ1) is 13.9. The number of aliphatic hydroxyl groups is 1. The minimum absolute atomic E-state index is 0.0770. The van der Waals surface area contributed by atoms with Crippen LogP contribution in [0.25, 0.3) is 0 Å². The van der Waals surface area contributed by atoms with Crippen LogP contribution in [0.15, 0.2) is 18.2 Å². The molecule has 0 aromatic heterocycles. The van der Waals surface area contributed by atoms with Crippen molar-refractivity contribution >= 4 is 6.09 Å². The van der Waals surface area contributed by atoms with E-state index in [4.69, 9.17) is 14.6 Å². The van der Waals surface area contributed by atoms with Gasteiger partial charge in [0.1, 0.15) is 0 Å². The first-order valence-corrected chi connectivity index (χ1v) is 10.6. The number of halogens is 1. The van der Waals surface area contributed by atoms with Crippen molar-refractivity contribution in [3.05, 3.63) is 29.6 Å². The zero-order valence-corrected chi connectivity index (χ0v) is 17.1. The van der Waals surface area contributed by atoms with Gasteiger partial charge in [-0.25, -0.2) is 9.18 Å². The average molecular weight is 409 g/mol. The predicted octanol–water partition coefficient (Wildman–Crippen LogP) is 4.36. The van der Waals surface area contributed by atoms with Gasteiger partial charge in [0.25, 0.3) is 0 Å². The lowest BCUT2D eigenvalue weighted by molar-refractivity contribution is -0.200. The smallest absolute Gasteiger partial charge is 0.407 e. The number of piperidine rings is 1. The molecular formula is C22H32FNO5. The third-order valence-corrected chi connectivity index (χ3v) is 6.05. The van der Waals surface area contributed by atoms with Crippen molar-refractivity contribution in [3.63, 3.8) is 0 Å². The quantitative estimate of drug-likeness (QED) is 0.443. The zero-order valence-electron chi connectivity index (χ0n) is 17.1. The van der Waals surface area contributed by atoms with Gasteiger partial charge in [-0.2, -0.15) is 0 Å². The number of benzene rings is 1. The van der Waals surface area contributed by atoms with Gasteiger partial charge in [0, 0.05) is 26.6 Å². The number of hydrogen-bond acceptors (Lipinski definition) is 4. The zero-order chi connectivity index (χ0) is 20.9. The molecule has 6 nitrogen and oxygen atoms in total. The molecule has 0 spiro atoms. The van der Waals surface area contributed by atoms with Gasteiger partial charge in [0.05, 0.1) is 12.2 Å². The maximum Gasteiger partial charge on any atom is 0.407 e. The molecule has 1 aliphatic heterocycles. The number of rotatable bonds is 10. The van der Waals surface area contributed by atoms with Gasteiger partial charge < -0.3 is 24.6 Å². The second-order valence-electron chi connectivity index (χ2n) is 8.34. The summed E-state index contributed by atoms with van der Waals surface area (Å²) in [6.07, 6.45) is 6.01. The van der Waals surface area contributed by atoms with Crippen LogP contribution >= 0.6 is 0 Å². The van der Waals surface area contributed by atoms with Crippen molar-refractivity contribution in [2.75, 3.05) is 26.8 Å². The molecule has 2 fully saturated rings. The van der Waals surface area contributed by atoms with Gasteiger partial charge >= 0.3 is 6.09 Å². The third kappa shape index (κ3) is 5.82. The number of para-hydroxylation sites is 1. The Bertz CT molecular complexity index is 696. The summed E-state index contributed by atoms with van der Waals surface area (Å²) >= 11 is 0. The van der Waals surface area contributed by atoms with E-state index < -0.39 is 17.7 Å². The third-order valence-electron chi connectivity index (χ3n) is 6.05. The summed E-state index contributed by atoms with van der Waals surface area (Å²) < 4.78 is 25.5. The molecule has 1 aromatic rings. The first-order valence-electron chi connectivity index (χ1n) is 10.6. The molecule has 3 rings (SSSR count). The molecule has 1 aromatic carbocycles. The molecule has 1 saturated heterocycles. The summed E-state index contributed by atoms with van der Waals surface area (Å²) in [4.78, 5) is 12.6. The second kappa shape index (κ2) is 9.76. The van der Waals surface area contributed by atoms with Crippen LogP contribution in [0.3, 0.4) is 0 Å². The number of hydrogen-bond donors (Lipinski definition) is 2. The van der Waals surface area contributed by atoms with Crippen molar-refractivity contribution < 1.29 is 28.9 Å². The Morgan fingerprint density at radius 3 is 2.76 bits per heavy atom. The lowest BCUT2D eigenvalue weighted by Crippen LogP contribution is -2.39. The Morgan fingerprint density at radius 2 is 2.07 bits per heavy atom. The van der Waals surface area contributed by atoms with Crippen LogP contribution in [0.1, 0.15) is 56.9 Å². The predicted molar refractivity (Wildman–Crippen MR) is 106 cm³/mol. The maximum absolute atomic E-state index is 14.4. The van der Waals surface area contributed by atoms with Crippen LogP contribution in [-0.2, 0) is 10.5 Å². The molecule has 0 bridgehead atoms. The summed E-state index contributed by atoms with van der Waals surface area (Å²) in [6, 6.07) is 4.54. The molecule has 7 heteroatoms. The van der Waals surface area contributed by atoms with Crippen LogP contribution in [0.5, 0.6) is 5.75 Å². The molecule has 29 heavy (non-hydrogen) atoms. The fourth-order valence-corrected chi connectivity index (χ4v) is 4.07. The van der Waals surface area contributed by atoms with E-state index in [9.17, 15) is 14.3 Å². The van der Waals surface area contributed by atoms with Crippen molar-refractivity contribution in [2.24, 2.45) is 11.8 Å². The molecule has 162 valence electrons. The SMILES string of the molecule is COC(O)(CCCCC1CCCN(C(=O)O)C1)c1cccc(F)c1OCC1CC1. The largest absolute Gasteiger partial charge is 0.490 e. The van der Waals surface area contributed by atoms with E-state index in [0.717, 1.165) is 38.5 Å². The summed E-state index contributed by atoms with van der Waals surface area (Å²) in [6.45, 7) is 1.64. The normalized spacial score (nSPS) is 21.6. The van der Waals surface area contributed by atoms with Crippen LogP contribution in [0, 0.1) is 17.7 Å². The van der Waals surface area contributed by atoms with Gasteiger partial charge in [0.15, 0.2) is 17.4 Å². The molecule has 2 atom stereocenters. The monoisotopic (exact) mass is 409 g/mol. The second-order valence-corrected chi connectivity index (χ2v) is 8.34. The average Bonchev–Trinajstić information content (AvgIpc) is 3.54. The fraction of sp³-hybridized carbons (Fsp3) is 0.682. The van der Waals surface area contributed by atoms with E-state index in [2.05, 4.69) is 0 Å². The van der Waals surface area contributed by atoms with Gasteiger partial charge in [-0.1, -0.05) is 12.5 Å². The van der Waals surface area contributed by atoms with Gasteiger partial charge in [-0.15, -0.1) is 0 Å². The van der Waals surface area contributed by atoms with Crippen molar-refractivity contribution in [1.29, 1.82) is 0 Å². The Labute approximate surface area is 171 Å². The van der Waals surface area contributed by atoms with Crippen molar-refractivity contribution in [1.82, 2.24) is 4.90 Å². The van der Waals surface area contributed by atoms with E-state index in [1.54, 1.807) is 12.1 Å². The number of ether oxygens (including phenoxy) is 2. The molecule has 1 aliphatic carbocycles. The summed E-state index contributed by atoms with van der Waals surface area (Å²) in [5.74, 6) is -1.20. The topological polar surface area (TPSA) is 79.2 Å². The number of amides is 1. The number of unbranched alkanes of at least 4 members (excludes halogenated alkanes) is 1. The summed E-state index contributed by atoms with van der Waals surface area (Å²) in [7, 11) is 1.42. The lowest BCUT2D eigenvalue weighted by Gasteiger charge is -2.31. The minimum atomic E-state index is -1.61. The van der Waals surface area contributed by atoms with Gasteiger partial charge in [-0.05, 0) is 62.5 Å². The van der Waals surface area contributed by atoms with Crippen LogP contribution < -0.4 is 4.74 Å². The Balaban J connectivity index is 1.55. The van der Waals surface area contributed by atoms with Crippen LogP contribution in [0.4, 0.5) is 9.18 Å². The van der Waals surface area contributed by atoms with E-state index in [1.165, 1.54) is 18.1 Å². The molecular weight excluding hydrogens is 377 g/mol. The molecule has 2 unspecified atom stereocenters. The van der Waals surface area contributed by atoms with Gasteiger partial charge in [0.2, 0.25) is 0 Å².